The van der Waals surface area contributed by atoms with Crippen molar-refractivity contribution in [1.82, 2.24) is 20.1 Å². The van der Waals surface area contributed by atoms with Crippen molar-refractivity contribution in [2.45, 2.75) is 55.5 Å². The van der Waals surface area contributed by atoms with E-state index >= 15 is 0 Å². The minimum absolute atomic E-state index is 0.0137. The Morgan fingerprint density at radius 3 is 2.78 bits per heavy atom. The zero-order chi connectivity index (χ0) is 16.2. The Hall–Kier alpha value is -1.50. The van der Waals surface area contributed by atoms with Crippen LogP contribution in [0.1, 0.15) is 45.1 Å². The number of piperidine rings is 1. The van der Waals surface area contributed by atoms with E-state index in [4.69, 9.17) is 0 Å². The number of carbonyl (C=O) groups excluding carboxylic acids is 1. The third-order valence-electron chi connectivity index (χ3n) is 4.27. The number of hydrogen-bond donors (Lipinski definition) is 1. The van der Waals surface area contributed by atoms with Crippen LogP contribution in [-0.4, -0.2) is 45.6 Å². The lowest BCUT2D eigenvalue weighted by molar-refractivity contribution is -0.120. The first-order valence-corrected chi connectivity index (χ1v) is 9.33. The highest BCUT2D eigenvalue weighted by Gasteiger charge is 2.33. The number of amides is 1. The van der Waals surface area contributed by atoms with Crippen LogP contribution in [0.25, 0.3) is 0 Å². The van der Waals surface area contributed by atoms with Gasteiger partial charge < -0.3 is 10.2 Å². The largest absolute Gasteiger partial charge is 0.352 e. The van der Waals surface area contributed by atoms with Gasteiger partial charge in [-0.2, -0.15) is 0 Å². The molecule has 2 fully saturated rings. The summed E-state index contributed by atoms with van der Waals surface area (Å²) in [6, 6.07) is 0.507. The van der Waals surface area contributed by atoms with Crippen molar-refractivity contribution in [3.05, 3.63) is 12.7 Å². The Balaban J connectivity index is 1.73. The molecule has 0 unspecified atom stereocenters. The molecule has 0 spiro atoms. The fraction of sp³-hybridized carbons (Fsp3) is 0.688. The van der Waals surface area contributed by atoms with Gasteiger partial charge in [0.15, 0.2) is 5.16 Å². The summed E-state index contributed by atoms with van der Waals surface area (Å²) < 4.78 is 2.26. The monoisotopic (exact) mass is 335 g/mol. The summed E-state index contributed by atoms with van der Waals surface area (Å²) >= 11 is 1.50. The number of nitrogens with zero attached hydrogens (tertiary/aromatic N) is 4. The summed E-state index contributed by atoms with van der Waals surface area (Å²) in [4.78, 5) is 14.4. The second-order valence-electron chi connectivity index (χ2n) is 6.23. The van der Waals surface area contributed by atoms with Crippen LogP contribution >= 0.6 is 11.8 Å². The van der Waals surface area contributed by atoms with Gasteiger partial charge in [0.25, 0.3) is 0 Å². The number of rotatable bonds is 7. The van der Waals surface area contributed by atoms with Gasteiger partial charge >= 0.3 is 0 Å². The molecule has 1 N–H and O–H groups in total. The van der Waals surface area contributed by atoms with E-state index in [0.29, 0.717) is 12.6 Å². The molecule has 23 heavy (non-hydrogen) atoms. The fourth-order valence-corrected chi connectivity index (χ4v) is 3.78. The van der Waals surface area contributed by atoms with Gasteiger partial charge in [-0.1, -0.05) is 17.8 Å². The summed E-state index contributed by atoms with van der Waals surface area (Å²) in [7, 11) is 0. The molecular weight excluding hydrogens is 310 g/mol. The van der Waals surface area contributed by atoms with Gasteiger partial charge in [-0.25, -0.2) is 0 Å². The molecule has 1 aliphatic carbocycles. The smallest absolute Gasteiger partial charge is 0.233 e. The van der Waals surface area contributed by atoms with Crippen molar-refractivity contribution in [2.75, 3.05) is 24.5 Å². The van der Waals surface area contributed by atoms with Gasteiger partial charge in [0, 0.05) is 25.7 Å². The predicted molar refractivity (Wildman–Crippen MR) is 92.9 cm³/mol. The van der Waals surface area contributed by atoms with Crippen molar-refractivity contribution < 1.29 is 4.79 Å². The van der Waals surface area contributed by atoms with Crippen LogP contribution in [0, 0.1) is 0 Å². The summed E-state index contributed by atoms with van der Waals surface area (Å²) in [5.41, 5.74) is 0. The van der Waals surface area contributed by atoms with Crippen molar-refractivity contribution in [1.29, 1.82) is 0 Å². The second kappa shape index (κ2) is 7.38. The summed E-state index contributed by atoms with van der Waals surface area (Å²) in [6.07, 6.45) is 7.81. The van der Waals surface area contributed by atoms with Gasteiger partial charge in [-0.15, -0.1) is 16.8 Å². The highest BCUT2D eigenvalue weighted by molar-refractivity contribution is 8.00. The molecule has 1 amide bonds. The van der Waals surface area contributed by atoms with E-state index in [-0.39, 0.29) is 11.2 Å². The van der Waals surface area contributed by atoms with Crippen molar-refractivity contribution in [2.24, 2.45) is 0 Å². The molecule has 2 heterocycles. The van der Waals surface area contributed by atoms with E-state index in [2.05, 4.69) is 31.6 Å². The molecule has 1 aromatic rings. The molecule has 1 atom stereocenters. The van der Waals surface area contributed by atoms with Gasteiger partial charge in [0.2, 0.25) is 11.9 Å². The first-order valence-electron chi connectivity index (χ1n) is 8.46. The summed E-state index contributed by atoms with van der Waals surface area (Å²) in [5.74, 6) is 1.01. The fourth-order valence-electron chi connectivity index (χ4n) is 2.84. The maximum atomic E-state index is 12.1. The molecule has 7 heteroatoms. The van der Waals surface area contributed by atoms with Crippen molar-refractivity contribution in [3.63, 3.8) is 0 Å². The highest BCUT2D eigenvalue weighted by atomic mass is 32.2. The van der Waals surface area contributed by atoms with Crippen molar-refractivity contribution in [3.8, 4) is 0 Å². The number of anilines is 1. The normalized spacial score (nSPS) is 19.4. The SMILES string of the molecule is C=CCNC(=O)[C@@H](C)Sc1nnc(N2CCCCC2)n1C1CC1. The van der Waals surface area contributed by atoms with E-state index in [9.17, 15) is 4.79 Å². The molecular formula is C16H25N5OS. The molecule has 1 saturated carbocycles. The first kappa shape index (κ1) is 16.4. The molecule has 126 valence electrons. The maximum Gasteiger partial charge on any atom is 0.233 e. The van der Waals surface area contributed by atoms with E-state index < -0.39 is 0 Å². The van der Waals surface area contributed by atoms with Crippen molar-refractivity contribution >= 4 is 23.6 Å². The Bertz CT molecular complexity index is 563. The van der Waals surface area contributed by atoms with E-state index in [1.165, 1.54) is 43.9 Å². The third kappa shape index (κ3) is 3.88. The molecule has 1 saturated heterocycles. The van der Waals surface area contributed by atoms with Crippen LogP contribution in [0.5, 0.6) is 0 Å². The minimum Gasteiger partial charge on any atom is -0.352 e. The molecule has 1 aromatic heterocycles. The van der Waals surface area contributed by atoms with E-state index in [1.54, 1.807) is 6.08 Å². The van der Waals surface area contributed by atoms with Gasteiger partial charge in [-0.05, 0) is 39.0 Å². The quantitative estimate of drug-likeness (QED) is 0.612. The standard InChI is InChI=1S/C16H25N5OS/c1-3-9-17-14(22)12(2)23-16-19-18-15(21(16)13-7-8-13)20-10-5-4-6-11-20/h3,12-13H,1,4-11H2,2H3,(H,17,22)/t12-/m1/s1. The predicted octanol–water partition coefficient (Wildman–Crippen LogP) is 2.39. The molecule has 2 aliphatic rings. The van der Waals surface area contributed by atoms with Crippen LogP contribution in [0.2, 0.25) is 0 Å². The first-order chi connectivity index (χ1) is 11.2. The summed E-state index contributed by atoms with van der Waals surface area (Å²) in [5, 5.41) is 12.4. The lowest BCUT2D eigenvalue weighted by Crippen LogP contribution is -2.32. The Labute approximate surface area is 141 Å². The average Bonchev–Trinajstić information content (AvgIpc) is 3.34. The molecule has 6 nitrogen and oxygen atoms in total. The van der Waals surface area contributed by atoms with Crippen LogP contribution < -0.4 is 10.2 Å². The number of thioether (sulfide) groups is 1. The number of carbonyl (C=O) groups is 1. The van der Waals surface area contributed by atoms with Gasteiger partial charge in [0.1, 0.15) is 0 Å². The van der Waals surface area contributed by atoms with Gasteiger partial charge in [-0.3, -0.25) is 9.36 Å². The molecule has 1 aliphatic heterocycles. The Morgan fingerprint density at radius 2 is 2.13 bits per heavy atom. The zero-order valence-electron chi connectivity index (χ0n) is 13.7. The molecule has 0 bridgehead atoms. The second-order valence-corrected chi connectivity index (χ2v) is 7.53. The van der Waals surface area contributed by atoms with E-state index in [1.807, 2.05) is 6.92 Å². The van der Waals surface area contributed by atoms with Gasteiger partial charge in [0.05, 0.1) is 5.25 Å². The lowest BCUT2D eigenvalue weighted by atomic mass is 10.1. The number of nitrogens with one attached hydrogen (secondary N) is 1. The topological polar surface area (TPSA) is 63.1 Å². The molecule has 0 aromatic carbocycles. The van der Waals surface area contributed by atoms with Crippen LogP contribution in [0.15, 0.2) is 17.8 Å². The molecule has 0 radical (unpaired) electrons. The molecule has 3 rings (SSSR count). The Kier molecular flexibility index (Phi) is 5.25. The number of aromatic nitrogens is 3. The third-order valence-corrected chi connectivity index (χ3v) is 5.33. The maximum absolute atomic E-state index is 12.1. The Morgan fingerprint density at radius 1 is 1.39 bits per heavy atom. The van der Waals surface area contributed by atoms with Crippen LogP contribution in [0.4, 0.5) is 5.95 Å². The lowest BCUT2D eigenvalue weighted by Gasteiger charge is -2.28. The highest BCUT2D eigenvalue weighted by Crippen LogP contribution is 2.41. The van der Waals surface area contributed by atoms with Crippen LogP contribution in [0.3, 0.4) is 0 Å². The number of hydrogen-bond acceptors (Lipinski definition) is 5. The van der Waals surface area contributed by atoms with E-state index in [0.717, 1.165) is 24.2 Å². The van der Waals surface area contributed by atoms with Crippen LogP contribution in [-0.2, 0) is 4.79 Å². The minimum atomic E-state index is -0.189. The zero-order valence-corrected chi connectivity index (χ0v) is 14.5. The summed E-state index contributed by atoms with van der Waals surface area (Å²) in [6.45, 7) is 8.15. The average molecular weight is 335 g/mol.